The maximum absolute atomic E-state index is 11.9. The number of pyridine rings is 1. The van der Waals surface area contributed by atoms with Crippen molar-refractivity contribution in [2.75, 3.05) is 32.3 Å². The minimum absolute atomic E-state index is 0.269. The summed E-state index contributed by atoms with van der Waals surface area (Å²) in [6.07, 6.45) is 1.03. The van der Waals surface area contributed by atoms with Crippen LogP contribution in [0, 0.1) is 0 Å². The summed E-state index contributed by atoms with van der Waals surface area (Å²) in [4.78, 5) is 26.3. The molecule has 0 fully saturated rings. The van der Waals surface area contributed by atoms with Crippen molar-refractivity contribution in [2.24, 2.45) is 0 Å². The summed E-state index contributed by atoms with van der Waals surface area (Å²) in [6, 6.07) is 6.52. The first kappa shape index (κ1) is 18.1. The first-order chi connectivity index (χ1) is 11.2. The molecular weight excluding hydrogens is 334 g/mol. The van der Waals surface area contributed by atoms with Gasteiger partial charge in [-0.3, -0.25) is 9.59 Å². The van der Waals surface area contributed by atoms with Gasteiger partial charge in [0.05, 0.1) is 24.9 Å². The number of methoxy groups -OCH3 is 1. The van der Waals surface area contributed by atoms with Crippen LogP contribution in [0.25, 0.3) is 10.9 Å². The number of H-pyrrole nitrogens is 1. The molecule has 0 spiro atoms. The monoisotopic (exact) mass is 353 g/mol. The smallest absolute Gasteiger partial charge is 0.248 e. The van der Waals surface area contributed by atoms with Gasteiger partial charge in [-0.25, -0.2) is 8.42 Å². The van der Waals surface area contributed by atoms with Crippen LogP contribution in [0.4, 0.5) is 5.69 Å². The highest BCUT2D eigenvalue weighted by atomic mass is 32.2. The predicted octanol–water partition coefficient (Wildman–Crippen LogP) is 0.504. The van der Waals surface area contributed by atoms with E-state index in [9.17, 15) is 18.0 Å². The van der Waals surface area contributed by atoms with Crippen LogP contribution in [0.1, 0.15) is 5.56 Å². The van der Waals surface area contributed by atoms with Crippen molar-refractivity contribution < 1.29 is 17.9 Å². The Labute approximate surface area is 139 Å². The number of rotatable bonds is 6. The van der Waals surface area contributed by atoms with Crippen molar-refractivity contribution in [3.63, 3.8) is 0 Å². The Bertz CT molecular complexity index is 920. The highest BCUT2D eigenvalue weighted by Crippen LogP contribution is 2.20. The lowest BCUT2D eigenvalue weighted by molar-refractivity contribution is -0.116. The van der Waals surface area contributed by atoms with Crippen molar-refractivity contribution in [1.82, 2.24) is 9.29 Å². The Balaban J connectivity index is 2.25. The highest BCUT2D eigenvalue weighted by Gasteiger charge is 2.15. The average molecular weight is 353 g/mol. The van der Waals surface area contributed by atoms with E-state index in [1.807, 2.05) is 0 Å². The Morgan fingerprint density at radius 2 is 2.04 bits per heavy atom. The third-order valence-electron chi connectivity index (χ3n) is 3.44. The van der Waals surface area contributed by atoms with Gasteiger partial charge in [-0.05, 0) is 17.7 Å². The molecule has 0 saturated carbocycles. The second kappa shape index (κ2) is 7.12. The number of sulfonamides is 1. The number of carbonyl (C=O) groups is 1. The van der Waals surface area contributed by atoms with Gasteiger partial charge in [-0.15, -0.1) is 0 Å². The van der Waals surface area contributed by atoms with Gasteiger partial charge in [-0.1, -0.05) is 6.07 Å². The molecule has 2 aromatic rings. The number of likely N-dealkylation sites (N-methyl/N-ethyl adjacent to an activating group) is 1. The molecule has 1 aromatic heterocycles. The summed E-state index contributed by atoms with van der Waals surface area (Å²) >= 11 is 0. The number of aromatic nitrogens is 1. The summed E-state index contributed by atoms with van der Waals surface area (Å²) in [5.74, 6) is -0.474. The number of nitrogens with zero attached hydrogens (tertiary/aromatic N) is 1. The Hall–Kier alpha value is -2.23. The van der Waals surface area contributed by atoms with E-state index in [4.69, 9.17) is 4.74 Å². The summed E-state index contributed by atoms with van der Waals surface area (Å²) in [6.45, 7) is 0.00237. The fourth-order valence-electron chi connectivity index (χ4n) is 2.21. The van der Waals surface area contributed by atoms with Gasteiger partial charge in [0.15, 0.2) is 0 Å². The van der Waals surface area contributed by atoms with Crippen LogP contribution in [0.15, 0.2) is 29.1 Å². The Morgan fingerprint density at radius 1 is 1.33 bits per heavy atom. The second-order valence-corrected chi connectivity index (χ2v) is 7.51. The molecular formula is C15H19N3O5S. The van der Waals surface area contributed by atoms with Gasteiger partial charge < -0.3 is 15.0 Å². The number of ether oxygens (including phenoxy) is 1. The number of anilines is 1. The third-order valence-corrected chi connectivity index (χ3v) is 4.71. The zero-order valence-electron chi connectivity index (χ0n) is 13.6. The minimum atomic E-state index is -3.43. The molecule has 1 amide bonds. The quantitative estimate of drug-likeness (QED) is 0.786. The summed E-state index contributed by atoms with van der Waals surface area (Å²) in [7, 11) is -0.567. The van der Waals surface area contributed by atoms with Crippen LogP contribution in [0.3, 0.4) is 0 Å². The molecule has 8 nitrogen and oxygen atoms in total. The molecule has 0 atom stereocenters. The molecule has 0 aliphatic heterocycles. The molecule has 0 saturated heterocycles. The van der Waals surface area contributed by atoms with Gasteiger partial charge in [0.1, 0.15) is 0 Å². The fraction of sp³-hybridized carbons (Fsp3) is 0.333. The Morgan fingerprint density at radius 3 is 2.67 bits per heavy atom. The van der Waals surface area contributed by atoms with E-state index in [1.54, 1.807) is 25.3 Å². The number of amides is 1. The Kier molecular flexibility index (Phi) is 5.37. The summed E-state index contributed by atoms with van der Waals surface area (Å²) in [5.41, 5.74) is 1.49. The first-order valence-corrected chi connectivity index (χ1v) is 8.91. The molecule has 130 valence electrons. The lowest BCUT2D eigenvalue weighted by Crippen LogP contribution is -2.34. The maximum atomic E-state index is 11.9. The summed E-state index contributed by atoms with van der Waals surface area (Å²) in [5, 5.41) is 3.42. The van der Waals surface area contributed by atoms with Crippen LogP contribution in [-0.4, -0.2) is 50.6 Å². The molecule has 2 rings (SSSR count). The van der Waals surface area contributed by atoms with Crippen LogP contribution in [0.2, 0.25) is 0 Å². The second-order valence-electron chi connectivity index (χ2n) is 5.42. The SMILES string of the molecule is COCc1cc(=O)[nH]c2cc(NC(=O)CN(C)S(C)(=O)=O)ccc12. The standard InChI is InChI=1S/C15H19N3O5S/c1-18(24(3,21)22)8-15(20)16-11-4-5-12-10(9-23-2)6-14(19)17-13(12)7-11/h4-7H,8-9H2,1-3H3,(H,16,20)(H,17,19). The van der Waals surface area contributed by atoms with E-state index in [1.165, 1.54) is 13.1 Å². The van der Waals surface area contributed by atoms with E-state index in [0.29, 0.717) is 17.8 Å². The minimum Gasteiger partial charge on any atom is -0.380 e. The first-order valence-electron chi connectivity index (χ1n) is 7.07. The lowest BCUT2D eigenvalue weighted by atomic mass is 10.1. The van der Waals surface area contributed by atoms with Crippen LogP contribution < -0.4 is 10.9 Å². The van der Waals surface area contributed by atoms with E-state index in [2.05, 4.69) is 10.3 Å². The van der Waals surface area contributed by atoms with Crippen molar-refractivity contribution in [3.05, 3.63) is 40.2 Å². The molecule has 2 N–H and O–H groups in total. The molecule has 1 aromatic carbocycles. The van der Waals surface area contributed by atoms with Crippen molar-refractivity contribution in [3.8, 4) is 0 Å². The van der Waals surface area contributed by atoms with E-state index < -0.39 is 15.9 Å². The maximum Gasteiger partial charge on any atom is 0.248 e. The number of carbonyl (C=O) groups excluding carboxylic acids is 1. The van der Waals surface area contributed by atoms with Crippen LogP contribution in [-0.2, 0) is 26.2 Å². The number of hydrogen-bond donors (Lipinski definition) is 2. The zero-order chi connectivity index (χ0) is 17.9. The van der Waals surface area contributed by atoms with Gasteiger partial charge in [0, 0.05) is 31.3 Å². The van der Waals surface area contributed by atoms with Crippen molar-refractivity contribution in [2.45, 2.75) is 6.61 Å². The zero-order valence-corrected chi connectivity index (χ0v) is 14.4. The number of aromatic amines is 1. The average Bonchev–Trinajstić information content (AvgIpc) is 2.45. The third kappa shape index (κ3) is 4.40. The molecule has 0 radical (unpaired) electrons. The van der Waals surface area contributed by atoms with Gasteiger partial charge in [0.2, 0.25) is 21.5 Å². The van der Waals surface area contributed by atoms with Crippen molar-refractivity contribution in [1.29, 1.82) is 0 Å². The molecule has 9 heteroatoms. The van der Waals surface area contributed by atoms with Crippen LogP contribution in [0.5, 0.6) is 0 Å². The summed E-state index contributed by atoms with van der Waals surface area (Å²) < 4.78 is 28.7. The molecule has 0 aliphatic carbocycles. The van der Waals surface area contributed by atoms with Gasteiger partial charge in [0.25, 0.3) is 0 Å². The van der Waals surface area contributed by atoms with E-state index in [-0.39, 0.29) is 12.1 Å². The molecule has 0 aliphatic rings. The molecule has 1 heterocycles. The van der Waals surface area contributed by atoms with Gasteiger partial charge in [-0.2, -0.15) is 4.31 Å². The van der Waals surface area contributed by atoms with Crippen molar-refractivity contribution >= 4 is 32.5 Å². The van der Waals surface area contributed by atoms with Crippen LogP contribution >= 0.6 is 0 Å². The topological polar surface area (TPSA) is 109 Å². The molecule has 0 bridgehead atoms. The highest BCUT2D eigenvalue weighted by molar-refractivity contribution is 7.88. The number of fused-ring (bicyclic) bond motifs is 1. The normalized spacial score (nSPS) is 11.8. The number of hydrogen-bond acceptors (Lipinski definition) is 5. The molecule has 0 unspecified atom stereocenters. The largest absolute Gasteiger partial charge is 0.380 e. The number of nitrogens with one attached hydrogen (secondary N) is 2. The lowest BCUT2D eigenvalue weighted by Gasteiger charge is -2.14. The molecule has 24 heavy (non-hydrogen) atoms. The van der Waals surface area contributed by atoms with Gasteiger partial charge >= 0.3 is 0 Å². The van der Waals surface area contributed by atoms with E-state index in [0.717, 1.165) is 21.5 Å². The predicted molar refractivity (Wildman–Crippen MR) is 91.4 cm³/mol. The number of benzene rings is 1. The van der Waals surface area contributed by atoms with E-state index >= 15 is 0 Å². The fourth-order valence-corrected chi connectivity index (χ4v) is 2.56.